The van der Waals surface area contributed by atoms with Crippen LogP contribution in [-0.2, 0) is 0 Å². The topological polar surface area (TPSA) is 12.9 Å². The first kappa shape index (κ1) is 9.24. The molecule has 0 atom stereocenters. The van der Waals surface area contributed by atoms with Crippen molar-refractivity contribution in [3.8, 4) is 11.8 Å². The predicted octanol–water partition coefficient (Wildman–Crippen LogP) is 1.20. The summed E-state index contributed by atoms with van der Waals surface area (Å²) in [6.07, 6.45) is 1.78. The van der Waals surface area contributed by atoms with Gasteiger partial charge >= 0.3 is 0 Å². The fourth-order valence-corrected chi connectivity index (χ4v) is 1.14. The molecule has 1 aromatic heterocycles. The third-order valence-corrected chi connectivity index (χ3v) is 1.87. The summed E-state index contributed by atoms with van der Waals surface area (Å²) >= 11 is 1.58. The minimum Gasteiger partial charge on any atom is -0.321 e. The molecule has 2 nitrogen and oxygen atoms in total. The highest BCUT2D eigenvalue weighted by Gasteiger charge is 2.01. The molecule has 0 aliphatic rings. The van der Waals surface area contributed by atoms with Gasteiger partial charge in [-0.25, -0.2) is 4.98 Å². The van der Waals surface area contributed by atoms with Gasteiger partial charge in [0, 0.05) is 11.6 Å². The maximum atomic E-state index is 4.07. The van der Waals surface area contributed by atoms with Crippen LogP contribution in [0.1, 0.15) is 5.01 Å². The molecular formula is C9H13N2S+. The summed E-state index contributed by atoms with van der Waals surface area (Å²) in [4.78, 5) is 4.07. The van der Waals surface area contributed by atoms with Crippen molar-refractivity contribution >= 4 is 11.3 Å². The van der Waals surface area contributed by atoms with Crippen molar-refractivity contribution in [3.63, 3.8) is 0 Å². The van der Waals surface area contributed by atoms with Crippen LogP contribution in [-0.4, -0.2) is 37.2 Å². The summed E-state index contributed by atoms with van der Waals surface area (Å²) in [6.45, 7) is 0.861. The number of aromatic nitrogens is 1. The van der Waals surface area contributed by atoms with Gasteiger partial charge in [-0.2, -0.15) is 0 Å². The molecule has 12 heavy (non-hydrogen) atoms. The summed E-state index contributed by atoms with van der Waals surface area (Å²) in [5.74, 6) is 6.12. The first-order valence-corrected chi connectivity index (χ1v) is 4.65. The van der Waals surface area contributed by atoms with Gasteiger partial charge in [-0.05, 0) is 11.8 Å². The van der Waals surface area contributed by atoms with E-state index in [0.717, 1.165) is 16.0 Å². The number of thiazole rings is 1. The van der Waals surface area contributed by atoms with E-state index in [1.165, 1.54) is 0 Å². The Morgan fingerprint density at radius 1 is 1.50 bits per heavy atom. The van der Waals surface area contributed by atoms with Crippen molar-refractivity contribution in [2.45, 2.75) is 0 Å². The standard InChI is InChI=1S/C9H13N2S/c1-11(2,3)7-4-5-9-10-6-8-12-9/h6,8H,7H2,1-3H3/q+1. The van der Waals surface area contributed by atoms with Crippen LogP contribution in [0.25, 0.3) is 0 Å². The van der Waals surface area contributed by atoms with Crippen molar-refractivity contribution in [1.29, 1.82) is 0 Å². The molecule has 0 spiro atoms. The molecule has 64 valence electrons. The van der Waals surface area contributed by atoms with Gasteiger partial charge in [-0.1, -0.05) is 0 Å². The molecule has 0 aromatic carbocycles. The molecule has 0 aliphatic heterocycles. The van der Waals surface area contributed by atoms with Crippen molar-refractivity contribution in [1.82, 2.24) is 4.98 Å². The Hall–Kier alpha value is -0.850. The summed E-state index contributed by atoms with van der Waals surface area (Å²) in [7, 11) is 6.36. The molecule has 0 saturated carbocycles. The lowest BCUT2D eigenvalue weighted by molar-refractivity contribution is -0.862. The van der Waals surface area contributed by atoms with Crippen LogP contribution >= 0.6 is 11.3 Å². The molecule has 1 heterocycles. The second-order valence-electron chi connectivity index (χ2n) is 3.59. The molecule has 0 bridgehead atoms. The SMILES string of the molecule is C[N+](C)(C)CC#Cc1nccs1. The van der Waals surface area contributed by atoms with Crippen LogP contribution in [0.3, 0.4) is 0 Å². The van der Waals surface area contributed by atoms with Gasteiger partial charge in [0.15, 0.2) is 5.01 Å². The van der Waals surface area contributed by atoms with Crippen molar-refractivity contribution in [3.05, 3.63) is 16.6 Å². The zero-order chi connectivity index (χ0) is 9.03. The van der Waals surface area contributed by atoms with Gasteiger partial charge in [-0.15, -0.1) is 11.3 Å². The van der Waals surface area contributed by atoms with Crippen molar-refractivity contribution in [2.24, 2.45) is 0 Å². The quantitative estimate of drug-likeness (QED) is 0.468. The zero-order valence-electron chi connectivity index (χ0n) is 7.66. The smallest absolute Gasteiger partial charge is 0.167 e. The molecule has 0 aliphatic carbocycles. The van der Waals surface area contributed by atoms with Gasteiger partial charge < -0.3 is 4.48 Å². The highest BCUT2D eigenvalue weighted by molar-refractivity contribution is 7.10. The van der Waals surface area contributed by atoms with Crippen LogP contribution in [0, 0.1) is 11.8 Å². The maximum absolute atomic E-state index is 4.07. The lowest BCUT2D eigenvalue weighted by atomic mass is 10.5. The Morgan fingerprint density at radius 2 is 2.25 bits per heavy atom. The molecule has 1 aromatic rings. The van der Waals surface area contributed by atoms with E-state index in [0.29, 0.717) is 0 Å². The number of nitrogens with zero attached hydrogens (tertiary/aromatic N) is 2. The Balaban J connectivity index is 2.51. The van der Waals surface area contributed by atoms with Gasteiger partial charge in [0.2, 0.25) is 0 Å². The Morgan fingerprint density at radius 3 is 2.75 bits per heavy atom. The van der Waals surface area contributed by atoms with Gasteiger partial charge in [-0.3, -0.25) is 0 Å². The number of hydrogen-bond acceptors (Lipinski definition) is 2. The summed E-state index contributed by atoms with van der Waals surface area (Å²) < 4.78 is 0.873. The number of quaternary nitrogens is 1. The molecule has 0 saturated heterocycles. The van der Waals surface area contributed by atoms with Crippen LogP contribution in [0.5, 0.6) is 0 Å². The fourth-order valence-electron chi connectivity index (χ4n) is 0.637. The molecule has 0 fully saturated rings. The van der Waals surface area contributed by atoms with E-state index in [1.807, 2.05) is 5.38 Å². The van der Waals surface area contributed by atoms with E-state index >= 15 is 0 Å². The lowest BCUT2D eigenvalue weighted by Crippen LogP contribution is -2.34. The summed E-state index contributed by atoms with van der Waals surface area (Å²) in [5.41, 5.74) is 0. The van der Waals surface area contributed by atoms with Crippen molar-refractivity contribution in [2.75, 3.05) is 27.7 Å². The molecule has 1 rings (SSSR count). The fraction of sp³-hybridized carbons (Fsp3) is 0.444. The minimum absolute atomic E-state index is 0.861. The molecule has 0 amide bonds. The number of rotatable bonds is 1. The minimum atomic E-state index is 0.861. The highest BCUT2D eigenvalue weighted by Crippen LogP contribution is 2.00. The van der Waals surface area contributed by atoms with Gasteiger partial charge in [0.1, 0.15) is 6.54 Å². The van der Waals surface area contributed by atoms with Gasteiger partial charge in [0.05, 0.1) is 21.1 Å². The molecule has 0 radical (unpaired) electrons. The summed E-state index contributed by atoms with van der Waals surface area (Å²) in [6, 6.07) is 0. The van der Waals surface area contributed by atoms with E-state index in [-0.39, 0.29) is 0 Å². The van der Waals surface area contributed by atoms with Crippen molar-refractivity contribution < 1.29 is 4.48 Å². The second kappa shape index (κ2) is 3.70. The van der Waals surface area contributed by atoms with E-state index in [4.69, 9.17) is 0 Å². The molecule has 3 heteroatoms. The zero-order valence-corrected chi connectivity index (χ0v) is 8.48. The predicted molar refractivity (Wildman–Crippen MR) is 51.9 cm³/mol. The van der Waals surface area contributed by atoms with E-state index in [9.17, 15) is 0 Å². The Kier molecular flexibility index (Phi) is 2.85. The monoisotopic (exact) mass is 181 g/mol. The third-order valence-electron chi connectivity index (χ3n) is 1.18. The van der Waals surface area contributed by atoms with E-state index < -0.39 is 0 Å². The largest absolute Gasteiger partial charge is 0.321 e. The first-order chi connectivity index (χ1) is 5.58. The molecular weight excluding hydrogens is 168 g/mol. The van der Waals surface area contributed by atoms with Crippen LogP contribution in [0.15, 0.2) is 11.6 Å². The van der Waals surface area contributed by atoms with E-state index in [1.54, 1.807) is 17.5 Å². The van der Waals surface area contributed by atoms with Crippen LogP contribution in [0.4, 0.5) is 0 Å². The average Bonchev–Trinajstić information content (AvgIpc) is 2.36. The Labute approximate surface area is 77.5 Å². The number of hydrogen-bond donors (Lipinski definition) is 0. The van der Waals surface area contributed by atoms with Crippen LogP contribution < -0.4 is 0 Å². The molecule has 0 N–H and O–H groups in total. The van der Waals surface area contributed by atoms with Crippen LogP contribution in [0.2, 0.25) is 0 Å². The highest BCUT2D eigenvalue weighted by atomic mass is 32.1. The average molecular weight is 181 g/mol. The summed E-state index contributed by atoms with van der Waals surface area (Å²) in [5, 5.41) is 2.85. The maximum Gasteiger partial charge on any atom is 0.167 e. The second-order valence-corrected chi connectivity index (χ2v) is 4.48. The molecule has 0 unspecified atom stereocenters. The lowest BCUT2D eigenvalue weighted by Gasteiger charge is -2.19. The Bertz CT molecular complexity index is 285. The third kappa shape index (κ3) is 3.51. The van der Waals surface area contributed by atoms with E-state index in [2.05, 4.69) is 38.0 Å². The van der Waals surface area contributed by atoms with Gasteiger partial charge in [0.25, 0.3) is 0 Å². The normalized spacial score (nSPS) is 10.6. The first-order valence-electron chi connectivity index (χ1n) is 3.77.